The molecule has 0 unspecified atom stereocenters. The number of nitrogens with zero attached hydrogens (tertiary/aromatic N) is 4. The second kappa shape index (κ2) is 15.4. The van der Waals surface area contributed by atoms with E-state index >= 15 is 0 Å². The fourth-order valence-corrected chi connectivity index (χ4v) is 5.64. The number of hydrogen-bond donors (Lipinski definition) is 6. The first-order chi connectivity index (χ1) is 25.3. The van der Waals surface area contributed by atoms with Crippen molar-refractivity contribution in [2.75, 3.05) is 11.5 Å². The van der Waals surface area contributed by atoms with E-state index in [0.717, 1.165) is 42.4 Å². The van der Waals surface area contributed by atoms with Crippen LogP contribution in [0, 0.1) is 13.8 Å². The van der Waals surface area contributed by atoms with Gasteiger partial charge in [-0.2, -0.15) is 10.2 Å². The third kappa shape index (κ3) is 8.62. The summed E-state index contributed by atoms with van der Waals surface area (Å²) in [5.41, 5.74) is 17.0. The molecule has 0 atom stereocenters. The average molecular weight is 759 g/mol. The van der Waals surface area contributed by atoms with Crippen molar-refractivity contribution in [3.63, 3.8) is 0 Å². The predicted octanol–water partition coefficient (Wildman–Crippen LogP) is 5.25. The molecule has 2 aliphatic carbocycles. The first-order valence-electron chi connectivity index (χ1n) is 16.8. The Morgan fingerprint density at radius 1 is 0.717 bits per heavy atom. The number of benzene rings is 3. The van der Waals surface area contributed by atoms with Crippen LogP contribution in [0.25, 0.3) is 11.4 Å². The number of carbonyl (C=O) groups is 4. The molecule has 0 saturated heterocycles. The van der Waals surface area contributed by atoms with E-state index in [1.807, 2.05) is 19.9 Å². The summed E-state index contributed by atoms with van der Waals surface area (Å²) >= 11 is 11.9. The molecule has 0 spiro atoms. The molecule has 2 aliphatic rings. The van der Waals surface area contributed by atoms with Crippen molar-refractivity contribution >= 4 is 58.5 Å². The second-order valence-corrected chi connectivity index (χ2v) is 13.8. The Morgan fingerprint density at radius 2 is 1.21 bits per heavy atom. The van der Waals surface area contributed by atoms with Crippen molar-refractivity contribution in [2.45, 2.75) is 58.2 Å². The van der Waals surface area contributed by atoms with E-state index in [0.29, 0.717) is 32.5 Å². The molecule has 3 aromatic carbocycles. The predicted molar refractivity (Wildman–Crippen MR) is 201 cm³/mol. The number of aromatic nitrogens is 4. The molecule has 7 rings (SSSR count). The SMILES string of the molecule is Cc1ccc(C(=O)NC2CC2)cc1-n1ncc(C(=O)NCc2ccc(Cl)c(Cl)c2)c1N.Cc1ccc(C(=O)NC2CC2)cc1-n1ncc(C(=O)O)c1N. The van der Waals surface area contributed by atoms with Gasteiger partial charge in [0.1, 0.15) is 22.8 Å². The lowest BCUT2D eigenvalue weighted by Crippen LogP contribution is -2.25. The molecule has 14 nitrogen and oxygen atoms in total. The molecule has 5 aromatic rings. The number of carboxylic acid groups (broad SMARTS) is 1. The van der Waals surface area contributed by atoms with Crippen LogP contribution >= 0.6 is 23.2 Å². The highest BCUT2D eigenvalue weighted by molar-refractivity contribution is 6.42. The zero-order valence-corrected chi connectivity index (χ0v) is 30.3. The molecule has 2 fully saturated rings. The minimum atomic E-state index is -1.14. The van der Waals surface area contributed by atoms with Gasteiger partial charge in [0, 0.05) is 29.8 Å². The van der Waals surface area contributed by atoms with Gasteiger partial charge in [-0.05, 0) is 92.6 Å². The minimum Gasteiger partial charge on any atom is -0.477 e. The Kier molecular flexibility index (Phi) is 10.7. The monoisotopic (exact) mass is 757 g/mol. The topological polar surface area (TPSA) is 212 Å². The number of nitrogen functional groups attached to an aromatic ring is 2. The van der Waals surface area contributed by atoms with E-state index in [9.17, 15) is 19.2 Å². The lowest BCUT2D eigenvalue weighted by atomic mass is 10.1. The number of nitrogens with two attached hydrogens (primary N) is 2. The van der Waals surface area contributed by atoms with Gasteiger partial charge in [-0.15, -0.1) is 0 Å². The number of aryl methyl sites for hydroxylation is 2. The van der Waals surface area contributed by atoms with Crippen LogP contribution in [0.3, 0.4) is 0 Å². The number of rotatable bonds is 10. The summed E-state index contributed by atoms with van der Waals surface area (Å²) in [6.45, 7) is 4.00. The highest BCUT2D eigenvalue weighted by Gasteiger charge is 2.26. The first kappa shape index (κ1) is 36.9. The zero-order chi connectivity index (χ0) is 38.0. The number of halogens is 2. The number of hydrogen-bond acceptors (Lipinski definition) is 8. The largest absolute Gasteiger partial charge is 0.477 e. The summed E-state index contributed by atoms with van der Waals surface area (Å²) in [4.78, 5) is 48.2. The zero-order valence-electron chi connectivity index (χ0n) is 28.8. The summed E-state index contributed by atoms with van der Waals surface area (Å²) in [5.74, 6) is -1.55. The van der Waals surface area contributed by atoms with Crippen molar-refractivity contribution < 1.29 is 24.3 Å². The Morgan fingerprint density at radius 3 is 1.66 bits per heavy atom. The molecule has 16 heteroatoms. The van der Waals surface area contributed by atoms with Crippen molar-refractivity contribution in [3.05, 3.63) is 116 Å². The smallest absolute Gasteiger partial charge is 0.341 e. The highest BCUT2D eigenvalue weighted by atomic mass is 35.5. The van der Waals surface area contributed by atoms with Gasteiger partial charge in [-0.1, -0.05) is 41.4 Å². The Bertz CT molecular complexity index is 2240. The molecule has 53 heavy (non-hydrogen) atoms. The summed E-state index contributed by atoms with van der Waals surface area (Å²) < 4.78 is 2.81. The maximum atomic E-state index is 12.7. The molecule has 0 bridgehead atoms. The molecule has 2 heterocycles. The van der Waals surface area contributed by atoms with E-state index in [1.165, 1.54) is 21.8 Å². The minimum absolute atomic E-state index is 0.0374. The molecule has 274 valence electrons. The molecular weight excluding hydrogens is 721 g/mol. The number of amides is 3. The van der Waals surface area contributed by atoms with E-state index < -0.39 is 5.97 Å². The fourth-order valence-electron chi connectivity index (χ4n) is 5.32. The maximum absolute atomic E-state index is 12.7. The molecule has 2 aromatic heterocycles. The Labute approximate surface area is 314 Å². The van der Waals surface area contributed by atoms with Crippen LogP contribution in [0.2, 0.25) is 10.0 Å². The number of carboxylic acids is 1. The molecular formula is C37H37Cl2N9O5. The van der Waals surface area contributed by atoms with Gasteiger partial charge in [-0.3, -0.25) is 14.4 Å². The van der Waals surface area contributed by atoms with Crippen LogP contribution in [-0.2, 0) is 6.54 Å². The van der Waals surface area contributed by atoms with Gasteiger partial charge in [0.15, 0.2) is 0 Å². The van der Waals surface area contributed by atoms with Crippen molar-refractivity contribution in [2.24, 2.45) is 0 Å². The summed E-state index contributed by atoms with van der Waals surface area (Å²) in [6.07, 6.45) is 6.66. The standard InChI is InChI=1S/C22H21Cl2N5O2.C15H16N4O3/c1-12-2-4-14(21(30)28-15-5-6-15)9-19(12)29-20(25)16(11-27-29)22(31)26-10-13-3-7-17(23)18(24)8-13;1-8-2-3-9(14(20)18-10-4-5-10)6-12(8)19-13(16)11(7-17-19)15(21)22/h2-4,7-9,11,15H,5-6,10,25H2,1H3,(H,26,31)(H,28,30);2-3,6-7,10H,4-5,16H2,1H3,(H,18,20)(H,21,22). The Balaban J connectivity index is 0.000000192. The van der Waals surface area contributed by atoms with Gasteiger partial charge in [0.05, 0.1) is 33.8 Å². The second-order valence-electron chi connectivity index (χ2n) is 12.9. The van der Waals surface area contributed by atoms with Crippen LogP contribution in [-0.4, -0.2) is 60.4 Å². The molecule has 3 amide bonds. The van der Waals surface area contributed by atoms with Gasteiger partial charge < -0.3 is 32.5 Å². The van der Waals surface area contributed by atoms with E-state index in [4.69, 9.17) is 39.8 Å². The van der Waals surface area contributed by atoms with Crippen molar-refractivity contribution in [3.8, 4) is 11.4 Å². The maximum Gasteiger partial charge on any atom is 0.341 e. The molecule has 0 radical (unpaired) electrons. The summed E-state index contributed by atoms with van der Waals surface area (Å²) in [5, 5.41) is 26.9. The van der Waals surface area contributed by atoms with E-state index in [1.54, 1.807) is 48.5 Å². The van der Waals surface area contributed by atoms with Crippen LogP contribution < -0.4 is 27.4 Å². The van der Waals surface area contributed by atoms with Gasteiger partial charge in [-0.25, -0.2) is 14.2 Å². The van der Waals surface area contributed by atoms with Gasteiger partial charge >= 0.3 is 5.97 Å². The third-order valence-electron chi connectivity index (χ3n) is 8.75. The highest BCUT2D eigenvalue weighted by Crippen LogP contribution is 2.26. The van der Waals surface area contributed by atoms with Crippen LogP contribution in [0.4, 0.5) is 11.6 Å². The third-order valence-corrected chi connectivity index (χ3v) is 9.49. The van der Waals surface area contributed by atoms with Crippen LogP contribution in [0.1, 0.15) is 83.8 Å². The van der Waals surface area contributed by atoms with Gasteiger partial charge in [0.25, 0.3) is 17.7 Å². The lowest BCUT2D eigenvalue weighted by Gasteiger charge is -2.11. The van der Waals surface area contributed by atoms with Crippen molar-refractivity contribution in [1.29, 1.82) is 0 Å². The number of nitrogens with one attached hydrogen (secondary N) is 3. The van der Waals surface area contributed by atoms with E-state index in [-0.39, 0.29) is 59.1 Å². The summed E-state index contributed by atoms with van der Waals surface area (Å²) in [6, 6.07) is 16.2. The molecule has 8 N–H and O–H groups in total. The number of aromatic carboxylic acids is 1. The molecule has 0 aliphatic heterocycles. The average Bonchev–Trinajstić information content (AvgIpc) is 4.05. The number of anilines is 2. The normalized spacial score (nSPS) is 13.4. The number of carbonyl (C=O) groups excluding carboxylic acids is 3. The lowest BCUT2D eigenvalue weighted by molar-refractivity contribution is 0.0697. The van der Waals surface area contributed by atoms with Crippen molar-refractivity contribution in [1.82, 2.24) is 35.5 Å². The van der Waals surface area contributed by atoms with Gasteiger partial charge in [0.2, 0.25) is 0 Å². The summed E-state index contributed by atoms with van der Waals surface area (Å²) in [7, 11) is 0. The van der Waals surface area contributed by atoms with Crippen LogP contribution in [0.5, 0.6) is 0 Å². The molecule has 2 saturated carbocycles. The first-order valence-corrected chi connectivity index (χ1v) is 17.5. The fraction of sp³-hybridized carbons (Fsp3) is 0.243. The Hall–Kier alpha value is -5.86. The van der Waals surface area contributed by atoms with E-state index in [2.05, 4.69) is 26.1 Å². The quantitative estimate of drug-likeness (QED) is 0.110. The van der Waals surface area contributed by atoms with Crippen LogP contribution in [0.15, 0.2) is 67.0 Å².